The van der Waals surface area contributed by atoms with E-state index in [0.29, 0.717) is 18.6 Å². The summed E-state index contributed by atoms with van der Waals surface area (Å²) in [5.41, 5.74) is 0.300. The number of benzene rings is 3. The van der Waals surface area contributed by atoms with Gasteiger partial charge in [0.25, 0.3) is 5.91 Å². The number of alkyl carbamates (subject to hydrolysis) is 1. The Balaban J connectivity index is 1.37. The van der Waals surface area contributed by atoms with Crippen LogP contribution in [0.1, 0.15) is 42.1 Å². The fourth-order valence-electron chi connectivity index (χ4n) is 6.37. The molecule has 0 aliphatic carbocycles. The van der Waals surface area contributed by atoms with E-state index in [1.165, 1.54) is 19.2 Å². The van der Waals surface area contributed by atoms with Crippen LogP contribution in [0.25, 0.3) is 0 Å². The summed E-state index contributed by atoms with van der Waals surface area (Å²) in [6.45, 7) is 1.94. The first-order valence-corrected chi connectivity index (χ1v) is 16.4. The molecule has 14 heteroatoms. The Hall–Kier alpha value is -4.10. The Bertz CT molecular complexity index is 1750. The molecule has 3 aromatic carbocycles. The van der Waals surface area contributed by atoms with E-state index in [1.807, 2.05) is 37.3 Å². The van der Waals surface area contributed by atoms with Gasteiger partial charge in [0.05, 0.1) is 22.3 Å². The number of amides is 3. The number of piperidine rings is 1. The average molecular weight is 678 g/mol. The molecule has 2 aliphatic rings. The molecule has 2 N–H and O–H groups in total. The van der Waals surface area contributed by atoms with Crippen molar-refractivity contribution in [3.63, 3.8) is 0 Å². The third-order valence-electron chi connectivity index (χ3n) is 8.58. The number of carbonyl (C=O) groups is 3. The van der Waals surface area contributed by atoms with Crippen LogP contribution in [0.5, 0.6) is 0 Å². The quantitative estimate of drug-likeness (QED) is 0.303. The van der Waals surface area contributed by atoms with Gasteiger partial charge >= 0.3 is 6.09 Å². The predicted molar refractivity (Wildman–Crippen MR) is 164 cm³/mol. The minimum absolute atomic E-state index is 0.0336. The van der Waals surface area contributed by atoms with Crippen LogP contribution in [-0.4, -0.2) is 61.7 Å². The van der Waals surface area contributed by atoms with Crippen molar-refractivity contribution in [3.05, 3.63) is 94.3 Å². The molecule has 0 saturated carbocycles. The van der Waals surface area contributed by atoms with E-state index in [9.17, 15) is 36.0 Å². The first-order valence-electron chi connectivity index (χ1n) is 14.5. The van der Waals surface area contributed by atoms with Gasteiger partial charge in [-0.2, -0.15) is 0 Å². The molecule has 46 heavy (non-hydrogen) atoms. The maximum Gasteiger partial charge on any atom is 0.407 e. The number of methoxy groups -OCH3 is 1. The SMILES string of the molecule is COC(=O)N[C@@H](Cc1ccccc1)C(=O)N1C2CC(S(=O)(=O)c3cc(C(=O)Nc4cc(F)c(F)c(F)c4)ccc3Cl)C[C@@H]1[C@@H](C)C2. The van der Waals surface area contributed by atoms with Gasteiger partial charge in [0.15, 0.2) is 27.3 Å². The zero-order valence-corrected chi connectivity index (χ0v) is 26.4. The molecule has 9 nitrogen and oxygen atoms in total. The maximum atomic E-state index is 14.0. The number of nitrogens with one attached hydrogen (secondary N) is 2. The van der Waals surface area contributed by atoms with Crippen LogP contribution in [0.4, 0.5) is 23.7 Å². The lowest BCUT2D eigenvalue weighted by atomic mass is 9.96. The molecular formula is C32H31ClF3N3O6S. The van der Waals surface area contributed by atoms with Crippen molar-refractivity contribution < 1.29 is 40.7 Å². The van der Waals surface area contributed by atoms with Crippen LogP contribution in [0.15, 0.2) is 65.6 Å². The second-order valence-electron chi connectivity index (χ2n) is 11.5. The van der Waals surface area contributed by atoms with Crippen molar-refractivity contribution in [2.45, 2.75) is 60.9 Å². The Labute approximate surface area is 269 Å². The van der Waals surface area contributed by atoms with E-state index in [4.69, 9.17) is 16.3 Å². The zero-order chi connectivity index (χ0) is 33.3. The van der Waals surface area contributed by atoms with Crippen molar-refractivity contribution in [3.8, 4) is 0 Å². The first kappa shape index (κ1) is 33.3. The summed E-state index contributed by atoms with van der Waals surface area (Å²) >= 11 is 6.33. The van der Waals surface area contributed by atoms with Gasteiger partial charge in [-0.05, 0) is 48.9 Å². The highest BCUT2D eigenvalue weighted by Crippen LogP contribution is 2.44. The summed E-state index contributed by atoms with van der Waals surface area (Å²) in [4.78, 5) is 40.4. The van der Waals surface area contributed by atoms with Gasteiger partial charge in [-0.15, -0.1) is 0 Å². The Kier molecular flexibility index (Phi) is 9.64. The number of ether oxygens (including phenoxy) is 1. The molecule has 3 amide bonds. The van der Waals surface area contributed by atoms with Gasteiger partial charge in [0.1, 0.15) is 6.04 Å². The number of anilines is 1. The average Bonchev–Trinajstić information content (AvgIpc) is 3.22. The fourth-order valence-corrected chi connectivity index (χ4v) is 8.73. The lowest BCUT2D eigenvalue weighted by Crippen LogP contribution is -2.57. The molecule has 2 unspecified atom stereocenters. The molecule has 2 bridgehead atoms. The Morgan fingerprint density at radius 2 is 1.67 bits per heavy atom. The molecule has 2 heterocycles. The zero-order valence-electron chi connectivity index (χ0n) is 24.8. The third kappa shape index (κ3) is 6.70. The molecule has 2 fully saturated rings. The van der Waals surface area contributed by atoms with Crippen molar-refractivity contribution in [2.75, 3.05) is 12.4 Å². The summed E-state index contributed by atoms with van der Waals surface area (Å²) < 4.78 is 73.4. The molecule has 0 spiro atoms. The molecule has 5 rings (SSSR count). The second-order valence-corrected chi connectivity index (χ2v) is 14.2. The van der Waals surface area contributed by atoms with Crippen molar-refractivity contribution in [2.24, 2.45) is 5.92 Å². The van der Waals surface area contributed by atoms with Crippen LogP contribution in [-0.2, 0) is 25.8 Å². The maximum absolute atomic E-state index is 14.0. The summed E-state index contributed by atoms with van der Waals surface area (Å²) in [6.07, 6.45) is 0.206. The Morgan fingerprint density at radius 3 is 2.30 bits per heavy atom. The normalized spacial score (nSPS) is 21.4. The molecule has 5 atom stereocenters. The van der Waals surface area contributed by atoms with E-state index in [0.717, 1.165) is 11.6 Å². The minimum atomic E-state index is -4.14. The van der Waals surface area contributed by atoms with E-state index in [2.05, 4.69) is 10.6 Å². The molecule has 3 aromatic rings. The van der Waals surface area contributed by atoms with Gasteiger partial charge in [0, 0.05) is 41.9 Å². The van der Waals surface area contributed by atoms with E-state index < -0.39 is 62.7 Å². The number of rotatable bonds is 8. The van der Waals surface area contributed by atoms with Gasteiger partial charge in [-0.3, -0.25) is 9.59 Å². The van der Waals surface area contributed by atoms with Crippen LogP contribution in [0.3, 0.4) is 0 Å². The summed E-state index contributed by atoms with van der Waals surface area (Å²) in [5.74, 6) is -5.97. The number of fused-ring (bicyclic) bond motifs is 2. The van der Waals surface area contributed by atoms with Crippen LogP contribution >= 0.6 is 11.6 Å². The summed E-state index contributed by atoms with van der Waals surface area (Å²) in [5, 5.41) is 3.80. The predicted octanol–water partition coefficient (Wildman–Crippen LogP) is 5.52. The third-order valence-corrected chi connectivity index (χ3v) is 11.2. The number of hydrogen-bond donors (Lipinski definition) is 2. The monoisotopic (exact) mass is 677 g/mol. The lowest BCUT2D eigenvalue weighted by Gasteiger charge is -2.41. The largest absolute Gasteiger partial charge is 0.453 e. The number of hydrogen-bond acceptors (Lipinski definition) is 6. The number of nitrogens with zero attached hydrogens (tertiary/aromatic N) is 1. The van der Waals surface area contributed by atoms with Gasteiger partial charge in [0.2, 0.25) is 5.91 Å². The minimum Gasteiger partial charge on any atom is -0.453 e. The van der Waals surface area contributed by atoms with Crippen molar-refractivity contribution in [1.82, 2.24) is 10.2 Å². The first-order chi connectivity index (χ1) is 21.8. The number of halogens is 4. The smallest absolute Gasteiger partial charge is 0.407 e. The molecule has 0 aromatic heterocycles. The van der Waals surface area contributed by atoms with Gasteiger partial charge in [-0.1, -0.05) is 48.9 Å². The molecule has 244 valence electrons. The summed E-state index contributed by atoms with van der Waals surface area (Å²) in [7, 11) is -2.94. The fraction of sp³-hybridized carbons (Fsp3) is 0.344. The number of sulfone groups is 1. The highest BCUT2D eigenvalue weighted by atomic mass is 35.5. The van der Waals surface area contributed by atoms with E-state index in [-0.39, 0.29) is 52.3 Å². The Morgan fingerprint density at radius 1 is 1.00 bits per heavy atom. The van der Waals surface area contributed by atoms with Crippen molar-refractivity contribution in [1.29, 1.82) is 0 Å². The van der Waals surface area contributed by atoms with E-state index >= 15 is 0 Å². The van der Waals surface area contributed by atoms with E-state index in [1.54, 1.807) is 4.90 Å². The summed E-state index contributed by atoms with van der Waals surface area (Å²) in [6, 6.07) is 12.1. The molecule has 2 aliphatic heterocycles. The highest BCUT2D eigenvalue weighted by molar-refractivity contribution is 7.92. The van der Waals surface area contributed by atoms with Gasteiger partial charge < -0.3 is 20.3 Å². The molecular weight excluding hydrogens is 647 g/mol. The van der Waals surface area contributed by atoms with Gasteiger partial charge in [-0.25, -0.2) is 26.4 Å². The topological polar surface area (TPSA) is 122 Å². The van der Waals surface area contributed by atoms with Crippen LogP contribution in [0.2, 0.25) is 5.02 Å². The molecule has 0 radical (unpaired) electrons. The van der Waals surface area contributed by atoms with Crippen LogP contribution < -0.4 is 10.6 Å². The number of carbonyl (C=O) groups excluding carboxylic acids is 3. The van der Waals surface area contributed by atoms with Crippen LogP contribution in [0, 0.1) is 23.4 Å². The standard InChI is InChI=1S/C32H31ClF3N3O6S/c1-17-10-21-15-22(16-27(17)39(21)31(41)26(38-32(42)45-2)11-18-6-4-3-5-7-18)46(43,44)28-12-19(8-9-23(28)33)30(40)37-20-13-24(34)29(36)25(35)14-20/h3-9,12-14,17,21-22,26-27H,10-11,15-16H2,1-2H3,(H,37,40)(H,38,42)/t17-,21?,22?,26-,27+/m0/s1. The molecule has 2 saturated heterocycles. The lowest BCUT2D eigenvalue weighted by molar-refractivity contribution is -0.138. The second kappa shape index (κ2) is 13.3. The van der Waals surface area contributed by atoms with Crippen molar-refractivity contribution >= 4 is 45.0 Å². The highest BCUT2D eigenvalue weighted by Gasteiger charge is 2.51.